The quantitative estimate of drug-likeness (QED) is 0.680. The van der Waals surface area contributed by atoms with Gasteiger partial charge in [0, 0.05) is 18.7 Å². The molecular formula is C13H24N4. The summed E-state index contributed by atoms with van der Waals surface area (Å²) in [5.74, 6) is 1.90. The third kappa shape index (κ3) is 4.59. The van der Waals surface area contributed by atoms with Gasteiger partial charge < -0.3 is 10.6 Å². The molecule has 4 nitrogen and oxygen atoms in total. The Bertz CT molecular complexity index is 325. The van der Waals surface area contributed by atoms with Crippen molar-refractivity contribution < 1.29 is 0 Å². The van der Waals surface area contributed by atoms with E-state index in [9.17, 15) is 0 Å². The molecule has 0 spiro atoms. The van der Waals surface area contributed by atoms with Gasteiger partial charge in [0.1, 0.15) is 18.0 Å². The number of hydrogen-bond donors (Lipinski definition) is 2. The highest BCUT2D eigenvalue weighted by Crippen LogP contribution is 2.18. The van der Waals surface area contributed by atoms with Crippen LogP contribution in [0.3, 0.4) is 0 Å². The Kier molecular flexibility index (Phi) is 6.37. The molecule has 96 valence electrons. The van der Waals surface area contributed by atoms with Crippen LogP contribution in [0.25, 0.3) is 0 Å². The van der Waals surface area contributed by atoms with E-state index in [1.165, 1.54) is 19.3 Å². The minimum absolute atomic E-state index is 0.944. The van der Waals surface area contributed by atoms with Crippen molar-refractivity contribution in [3.05, 3.63) is 11.9 Å². The van der Waals surface area contributed by atoms with Crippen LogP contribution in [0.1, 0.15) is 45.1 Å². The van der Waals surface area contributed by atoms with Gasteiger partial charge in [-0.05, 0) is 19.8 Å². The maximum absolute atomic E-state index is 4.28. The molecule has 2 N–H and O–H groups in total. The van der Waals surface area contributed by atoms with Crippen LogP contribution < -0.4 is 10.6 Å². The molecular weight excluding hydrogens is 212 g/mol. The van der Waals surface area contributed by atoms with E-state index in [1.807, 2.05) is 0 Å². The molecule has 0 aliphatic rings. The predicted octanol–water partition coefficient (Wildman–Crippen LogP) is 3.21. The van der Waals surface area contributed by atoms with Crippen molar-refractivity contribution in [2.75, 3.05) is 23.7 Å². The molecule has 0 amide bonds. The molecule has 4 heteroatoms. The second kappa shape index (κ2) is 7.87. The van der Waals surface area contributed by atoms with Crippen LogP contribution in [0.4, 0.5) is 11.6 Å². The van der Waals surface area contributed by atoms with Crippen molar-refractivity contribution in [3.63, 3.8) is 0 Å². The Morgan fingerprint density at radius 3 is 2.18 bits per heavy atom. The largest absolute Gasteiger partial charge is 0.370 e. The lowest BCUT2D eigenvalue weighted by Crippen LogP contribution is -2.09. The Morgan fingerprint density at radius 1 is 0.941 bits per heavy atom. The van der Waals surface area contributed by atoms with Crippen molar-refractivity contribution in [1.29, 1.82) is 0 Å². The monoisotopic (exact) mass is 236 g/mol. The summed E-state index contributed by atoms with van der Waals surface area (Å²) in [6.07, 6.45) is 6.42. The van der Waals surface area contributed by atoms with E-state index in [2.05, 4.69) is 41.4 Å². The number of nitrogens with one attached hydrogen (secondary N) is 2. The Morgan fingerprint density at radius 2 is 1.59 bits per heavy atom. The number of hydrogen-bond acceptors (Lipinski definition) is 4. The molecule has 0 radical (unpaired) electrons. The maximum Gasteiger partial charge on any atom is 0.134 e. The topological polar surface area (TPSA) is 49.8 Å². The zero-order valence-corrected chi connectivity index (χ0v) is 11.2. The Labute approximate surface area is 104 Å². The van der Waals surface area contributed by atoms with Gasteiger partial charge >= 0.3 is 0 Å². The maximum atomic E-state index is 4.28. The van der Waals surface area contributed by atoms with Gasteiger partial charge in [-0.2, -0.15) is 0 Å². The summed E-state index contributed by atoms with van der Waals surface area (Å²) in [6, 6.07) is 0. The first kappa shape index (κ1) is 13.7. The van der Waals surface area contributed by atoms with E-state index in [1.54, 1.807) is 6.33 Å². The van der Waals surface area contributed by atoms with Gasteiger partial charge in [-0.1, -0.05) is 26.7 Å². The van der Waals surface area contributed by atoms with Crippen LogP contribution in [0.15, 0.2) is 6.33 Å². The summed E-state index contributed by atoms with van der Waals surface area (Å²) in [5, 5.41) is 6.69. The smallest absolute Gasteiger partial charge is 0.134 e. The van der Waals surface area contributed by atoms with E-state index in [-0.39, 0.29) is 0 Å². The van der Waals surface area contributed by atoms with Crippen molar-refractivity contribution in [2.45, 2.75) is 46.5 Å². The molecule has 1 rings (SSSR count). The highest BCUT2D eigenvalue weighted by atomic mass is 15.1. The second-order valence-electron chi connectivity index (χ2n) is 4.26. The molecule has 17 heavy (non-hydrogen) atoms. The molecule has 1 aromatic rings. The molecule has 0 saturated carbocycles. The fourth-order valence-corrected chi connectivity index (χ4v) is 1.63. The number of nitrogens with zero attached hydrogens (tertiary/aromatic N) is 2. The SMILES string of the molecule is CCCCCNc1ncnc(NCCC)c1C. The highest BCUT2D eigenvalue weighted by molar-refractivity contribution is 5.56. The molecule has 1 heterocycles. The number of aromatic nitrogens is 2. The third-order valence-corrected chi connectivity index (χ3v) is 2.70. The molecule has 0 aromatic carbocycles. The van der Waals surface area contributed by atoms with Gasteiger partial charge in [0.2, 0.25) is 0 Å². The van der Waals surface area contributed by atoms with Crippen molar-refractivity contribution >= 4 is 11.6 Å². The summed E-state index contributed by atoms with van der Waals surface area (Å²) in [5.41, 5.74) is 1.11. The van der Waals surface area contributed by atoms with Crippen LogP contribution >= 0.6 is 0 Å². The van der Waals surface area contributed by atoms with Crippen LogP contribution in [0.5, 0.6) is 0 Å². The molecule has 0 atom stereocenters. The summed E-state index contributed by atoms with van der Waals surface area (Å²) in [6.45, 7) is 8.35. The third-order valence-electron chi connectivity index (χ3n) is 2.70. The van der Waals surface area contributed by atoms with Gasteiger partial charge in [0.15, 0.2) is 0 Å². The molecule has 0 unspecified atom stereocenters. The lowest BCUT2D eigenvalue weighted by molar-refractivity contribution is 0.741. The zero-order valence-electron chi connectivity index (χ0n) is 11.2. The molecule has 0 aliphatic carbocycles. The van der Waals surface area contributed by atoms with E-state index < -0.39 is 0 Å². The Hall–Kier alpha value is -1.32. The average molecular weight is 236 g/mol. The fraction of sp³-hybridized carbons (Fsp3) is 0.692. The molecule has 0 aliphatic heterocycles. The molecule has 0 fully saturated rings. The second-order valence-corrected chi connectivity index (χ2v) is 4.26. The van der Waals surface area contributed by atoms with Gasteiger partial charge in [-0.25, -0.2) is 9.97 Å². The number of rotatable bonds is 8. The fourth-order valence-electron chi connectivity index (χ4n) is 1.63. The van der Waals surface area contributed by atoms with Crippen LogP contribution in [-0.2, 0) is 0 Å². The number of unbranched alkanes of at least 4 members (excludes halogenated alkanes) is 2. The lowest BCUT2D eigenvalue weighted by atomic mass is 10.2. The van der Waals surface area contributed by atoms with Gasteiger partial charge in [0.05, 0.1) is 0 Å². The van der Waals surface area contributed by atoms with E-state index in [4.69, 9.17) is 0 Å². The predicted molar refractivity (Wildman–Crippen MR) is 73.6 cm³/mol. The highest BCUT2D eigenvalue weighted by Gasteiger charge is 2.05. The number of anilines is 2. The van der Waals surface area contributed by atoms with Crippen LogP contribution in [0, 0.1) is 6.92 Å². The molecule has 0 bridgehead atoms. The van der Waals surface area contributed by atoms with Crippen molar-refractivity contribution in [3.8, 4) is 0 Å². The van der Waals surface area contributed by atoms with Gasteiger partial charge in [-0.15, -0.1) is 0 Å². The van der Waals surface area contributed by atoms with E-state index in [0.29, 0.717) is 0 Å². The first-order valence-corrected chi connectivity index (χ1v) is 6.58. The normalized spacial score (nSPS) is 10.3. The summed E-state index contributed by atoms with van der Waals surface area (Å²) < 4.78 is 0. The molecule has 0 saturated heterocycles. The minimum atomic E-state index is 0.944. The average Bonchev–Trinajstić information content (AvgIpc) is 2.35. The van der Waals surface area contributed by atoms with Gasteiger partial charge in [0.25, 0.3) is 0 Å². The zero-order chi connectivity index (χ0) is 12.5. The first-order chi connectivity index (χ1) is 8.29. The van der Waals surface area contributed by atoms with Crippen molar-refractivity contribution in [1.82, 2.24) is 9.97 Å². The summed E-state index contributed by atoms with van der Waals surface area (Å²) in [7, 11) is 0. The van der Waals surface area contributed by atoms with E-state index in [0.717, 1.165) is 36.7 Å². The van der Waals surface area contributed by atoms with Crippen molar-refractivity contribution in [2.24, 2.45) is 0 Å². The van der Waals surface area contributed by atoms with Crippen LogP contribution in [0.2, 0.25) is 0 Å². The summed E-state index contributed by atoms with van der Waals surface area (Å²) in [4.78, 5) is 8.54. The first-order valence-electron chi connectivity index (χ1n) is 6.58. The van der Waals surface area contributed by atoms with Crippen LogP contribution in [-0.4, -0.2) is 23.1 Å². The van der Waals surface area contributed by atoms with E-state index >= 15 is 0 Å². The standard InChI is InChI=1S/C13H24N4/c1-4-6-7-9-15-13-11(3)12(14-8-5-2)16-10-17-13/h10H,4-9H2,1-3H3,(H2,14,15,16,17). The lowest BCUT2D eigenvalue weighted by Gasteiger charge is -2.12. The minimum Gasteiger partial charge on any atom is -0.370 e. The van der Waals surface area contributed by atoms with Gasteiger partial charge in [-0.3, -0.25) is 0 Å². The molecule has 1 aromatic heterocycles. The Balaban J connectivity index is 2.53. The summed E-state index contributed by atoms with van der Waals surface area (Å²) >= 11 is 0.